The van der Waals surface area contributed by atoms with Gasteiger partial charge in [0.05, 0.1) is 11.4 Å². The number of anilines is 1. The summed E-state index contributed by atoms with van der Waals surface area (Å²) in [5.74, 6) is 0.936. The van der Waals surface area contributed by atoms with Gasteiger partial charge in [-0.3, -0.25) is 9.88 Å². The molecule has 1 unspecified atom stereocenters. The fourth-order valence-electron chi connectivity index (χ4n) is 2.68. The Morgan fingerprint density at radius 1 is 1.44 bits per heavy atom. The van der Waals surface area contributed by atoms with Crippen molar-refractivity contribution in [1.82, 2.24) is 14.9 Å². The first-order valence-electron chi connectivity index (χ1n) is 6.88. The zero-order valence-corrected chi connectivity index (χ0v) is 11.9. The molecule has 1 atom stereocenters. The second-order valence-electron chi connectivity index (χ2n) is 5.45. The molecule has 1 saturated heterocycles. The van der Waals surface area contributed by atoms with Crippen LogP contribution in [0, 0.1) is 13.8 Å². The Morgan fingerprint density at radius 3 is 2.94 bits per heavy atom. The molecule has 0 amide bonds. The average Bonchev–Trinajstić information content (AvgIpc) is 2.79. The van der Waals surface area contributed by atoms with Crippen LogP contribution in [0.4, 0.5) is 5.82 Å². The van der Waals surface area contributed by atoms with Gasteiger partial charge in [-0.2, -0.15) is 0 Å². The van der Waals surface area contributed by atoms with Crippen molar-refractivity contribution in [2.24, 2.45) is 0 Å². The Labute approximate surface area is 110 Å². The van der Waals surface area contributed by atoms with Crippen LogP contribution in [0.5, 0.6) is 0 Å². The van der Waals surface area contributed by atoms with E-state index >= 15 is 0 Å². The first kappa shape index (κ1) is 13.3. The number of aromatic nitrogens is 2. The molecule has 0 bridgehead atoms. The number of hydrogen-bond donors (Lipinski definition) is 1. The quantitative estimate of drug-likeness (QED) is 0.888. The van der Waals surface area contributed by atoms with Crippen molar-refractivity contribution in [1.29, 1.82) is 0 Å². The van der Waals surface area contributed by atoms with Gasteiger partial charge in [0.15, 0.2) is 0 Å². The normalized spacial score (nSPS) is 20.6. The van der Waals surface area contributed by atoms with Gasteiger partial charge in [0, 0.05) is 24.8 Å². The van der Waals surface area contributed by atoms with Gasteiger partial charge in [0.1, 0.15) is 5.82 Å². The Kier molecular flexibility index (Phi) is 4.17. The molecule has 0 spiro atoms. The molecule has 4 nitrogen and oxygen atoms in total. The van der Waals surface area contributed by atoms with Gasteiger partial charge in [-0.05, 0) is 47.1 Å². The Morgan fingerprint density at radius 2 is 2.22 bits per heavy atom. The van der Waals surface area contributed by atoms with E-state index in [4.69, 9.17) is 0 Å². The number of aryl methyl sites for hydroxylation is 2. The van der Waals surface area contributed by atoms with E-state index in [1.165, 1.54) is 19.4 Å². The summed E-state index contributed by atoms with van der Waals surface area (Å²) < 4.78 is 0. The standard InChI is InChI=1S/C14H24N4/c1-10(2)18-7-5-6-13(18)9-16-14-12(4)15-8-11(3)17-14/h8,10,13H,5-7,9H2,1-4H3,(H,16,17). The minimum Gasteiger partial charge on any atom is -0.367 e. The van der Waals surface area contributed by atoms with Crippen molar-refractivity contribution in [3.8, 4) is 0 Å². The van der Waals surface area contributed by atoms with Crippen LogP contribution < -0.4 is 5.32 Å². The maximum absolute atomic E-state index is 4.51. The van der Waals surface area contributed by atoms with Crippen LogP contribution in [-0.4, -0.2) is 40.0 Å². The molecule has 1 aromatic heterocycles. The second-order valence-corrected chi connectivity index (χ2v) is 5.45. The van der Waals surface area contributed by atoms with E-state index in [2.05, 4.69) is 34.0 Å². The largest absolute Gasteiger partial charge is 0.367 e. The monoisotopic (exact) mass is 248 g/mol. The lowest BCUT2D eigenvalue weighted by molar-refractivity contribution is 0.211. The van der Waals surface area contributed by atoms with Gasteiger partial charge in [0.2, 0.25) is 0 Å². The van der Waals surface area contributed by atoms with Crippen LogP contribution >= 0.6 is 0 Å². The van der Waals surface area contributed by atoms with E-state index in [9.17, 15) is 0 Å². The zero-order chi connectivity index (χ0) is 13.1. The molecule has 1 aliphatic heterocycles. The summed E-state index contributed by atoms with van der Waals surface area (Å²) in [5, 5.41) is 3.47. The molecule has 0 saturated carbocycles. The van der Waals surface area contributed by atoms with Crippen LogP contribution in [0.2, 0.25) is 0 Å². The Balaban J connectivity index is 1.96. The van der Waals surface area contributed by atoms with Gasteiger partial charge in [-0.15, -0.1) is 0 Å². The van der Waals surface area contributed by atoms with Crippen LogP contribution in [0.15, 0.2) is 6.20 Å². The van der Waals surface area contributed by atoms with E-state index in [1.807, 2.05) is 20.0 Å². The smallest absolute Gasteiger partial charge is 0.147 e. The number of likely N-dealkylation sites (tertiary alicyclic amines) is 1. The summed E-state index contributed by atoms with van der Waals surface area (Å²) in [5.41, 5.74) is 1.95. The van der Waals surface area contributed by atoms with Crippen LogP contribution in [-0.2, 0) is 0 Å². The number of nitrogens with zero attached hydrogens (tertiary/aromatic N) is 3. The molecule has 1 N–H and O–H groups in total. The van der Waals surface area contributed by atoms with Crippen molar-refractivity contribution in [2.45, 2.75) is 52.6 Å². The number of hydrogen-bond acceptors (Lipinski definition) is 4. The SMILES string of the molecule is Cc1cnc(C)c(NCC2CCCN2C(C)C)n1. The highest BCUT2D eigenvalue weighted by Gasteiger charge is 2.26. The molecule has 1 fully saturated rings. The highest BCUT2D eigenvalue weighted by Crippen LogP contribution is 2.20. The van der Waals surface area contributed by atoms with E-state index in [0.29, 0.717) is 12.1 Å². The van der Waals surface area contributed by atoms with Gasteiger partial charge >= 0.3 is 0 Å². The van der Waals surface area contributed by atoms with E-state index in [-0.39, 0.29) is 0 Å². The van der Waals surface area contributed by atoms with Crippen LogP contribution in [0.3, 0.4) is 0 Å². The van der Waals surface area contributed by atoms with Crippen molar-refractivity contribution in [3.05, 3.63) is 17.6 Å². The van der Waals surface area contributed by atoms with Crippen molar-refractivity contribution in [3.63, 3.8) is 0 Å². The van der Waals surface area contributed by atoms with Gasteiger partial charge < -0.3 is 5.32 Å². The fraction of sp³-hybridized carbons (Fsp3) is 0.714. The molecule has 100 valence electrons. The van der Waals surface area contributed by atoms with Crippen molar-refractivity contribution < 1.29 is 0 Å². The maximum atomic E-state index is 4.51. The maximum Gasteiger partial charge on any atom is 0.147 e. The summed E-state index contributed by atoms with van der Waals surface area (Å²) in [6.07, 6.45) is 4.41. The molecule has 0 aromatic carbocycles. The molecule has 0 radical (unpaired) electrons. The van der Waals surface area contributed by atoms with Gasteiger partial charge in [-0.25, -0.2) is 4.98 Å². The van der Waals surface area contributed by atoms with E-state index in [0.717, 1.165) is 23.8 Å². The molecule has 1 aromatic rings. The van der Waals surface area contributed by atoms with Gasteiger partial charge in [0.25, 0.3) is 0 Å². The average molecular weight is 248 g/mol. The topological polar surface area (TPSA) is 41.1 Å². The molecular formula is C14H24N4. The molecule has 1 aliphatic rings. The van der Waals surface area contributed by atoms with E-state index in [1.54, 1.807) is 0 Å². The Hall–Kier alpha value is -1.16. The first-order chi connectivity index (χ1) is 8.58. The third-order valence-corrected chi connectivity index (χ3v) is 3.67. The van der Waals surface area contributed by atoms with Crippen molar-refractivity contribution in [2.75, 3.05) is 18.4 Å². The lowest BCUT2D eigenvalue weighted by atomic mass is 10.2. The lowest BCUT2D eigenvalue weighted by Crippen LogP contribution is -2.39. The predicted octanol–water partition coefficient (Wildman–Crippen LogP) is 2.38. The summed E-state index contributed by atoms with van der Waals surface area (Å²) in [4.78, 5) is 11.4. The third kappa shape index (κ3) is 2.99. The summed E-state index contributed by atoms with van der Waals surface area (Å²) in [6.45, 7) is 10.7. The number of nitrogens with one attached hydrogen (secondary N) is 1. The number of rotatable bonds is 4. The summed E-state index contributed by atoms with van der Waals surface area (Å²) in [6, 6.07) is 1.26. The summed E-state index contributed by atoms with van der Waals surface area (Å²) in [7, 11) is 0. The highest BCUT2D eigenvalue weighted by atomic mass is 15.2. The second kappa shape index (κ2) is 5.65. The molecule has 0 aliphatic carbocycles. The first-order valence-corrected chi connectivity index (χ1v) is 6.88. The Bertz CT molecular complexity index is 403. The minimum absolute atomic E-state index is 0.629. The molecule has 2 rings (SSSR count). The molecule has 4 heteroatoms. The minimum atomic E-state index is 0.629. The predicted molar refractivity (Wildman–Crippen MR) is 74.9 cm³/mol. The highest BCUT2D eigenvalue weighted by molar-refractivity contribution is 5.39. The fourth-order valence-corrected chi connectivity index (χ4v) is 2.68. The van der Waals surface area contributed by atoms with Crippen molar-refractivity contribution >= 4 is 5.82 Å². The molecular weight excluding hydrogens is 224 g/mol. The lowest BCUT2D eigenvalue weighted by Gasteiger charge is -2.28. The summed E-state index contributed by atoms with van der Waals surface area (Å²) >= 11 is 0. The molecule has 2 heterocycles. The zero-order valence-electron chi connectivity index (χ0n) is 11.9. The van der Waals surface area contributed by atoms with Crippen LogP contribution in [0.1, 0.15) is 38.1 Å². The van der Waals surface area contributed by atoms with Gasteiger partial charge in [-0.1, -0.05) is 0 Å². The molecule has 18 heavy (non-hydrogen) atoms. The van der Waals surface area contributed by atoms with E-state index < -0.39 is 0 Å². The third-order valence-electron chi connectivity index (χ3n) is 3.67. The van der Waals surface area contributed by atoms with Crippen LogP contribution in [0.25, 0.3) is 0 Å².